The van der Waals surface area contributed by atoms with Crippen LogP contribution in [-0.4, -0.2) is 9.97 Å². The number of pyridine rings is 2. The Hall–Kier alpha value is -1.64. The molecule has 0 bridgehead atoms. The predicted molar refractivity (Wildman–Crippen MR) is 53.3 cm³/mol. The predicted octanol–water partition coefficient (Wildman–Crippen LogP) is 1.77. The minimum Gasteiger partial charge on any atom is -0.383 e. The highest BCUT2D eigenvalue weighted by Crippen LogP contribution is 2.17. The summed E-state index contributed by atoms with van der Waals surface area (Å²) in [5, 5.41) is 0.930. The summed E-state index contributed by atoms with van der Waals surface area (Å²) in [4.78, 5) is 8.49. The molecule has 2 N–H and O–H groups in total. The Morgan fingerprint density at radius 1 is 1.46 bits per heavy atom. The largest absolute Gasteiger partial charge is 0.383 e. The summed E-state index contributed by atoms with van der Waals surface area (Å²) >= 11 is 0. The van der Waals surface area contributed by atoms with Gasteiger partial charge in [0.2, 0.25) is 0 Å². The number of rotatable bonds is 1. The van der Waals surface area contributed by atoms with E-state index in [0.29, 0.717) is 5.82 Å². The van der Waals surface area contributed by atoms with Gasteiger partial charge in [-0.2, -0.15) is 0 Å². The van der Waals surface area contributed by atoms with E-state index in [-0.39, 0.29) is 0 Å². The van der Waals surface area contributed by atoms with Crippen LogP contribution in [-0.2, 0) is 6.42 Å². The fraction of sp³-hybridized carbons (Fsp3) is 0.200. The zero-order valence-corrected chi connectivity index (χ0v) is 7.49. The first kappa shape index (κ1) is 7.98. The lowest BCUT2D eigenvalue weighted by Gasteiger charge is -2.02. The standard InChI is InChI=1S/C10H11N3/c1-2-7-6-9-8(10(11)13-7)4-3-5-12-9/h3-6H,2H2,1H3,(H2,11,13). The van der Waals surface area contributed by atoms with Crippen molar-refractivity contribution in [2.45, 2.75) is 13.3 Å². The quantitative estimate of drug-likeness (QED) is 0.715. The molecule has 2 rings (SSSR count). The molecule has 2 aromatic heterocycles. The maximum absolute atomic E-state index is 5.78. The van der Waals surface area contributed by atoms with Gasteiger partial charge in [0.15, 0.2) is 0 Å². The molecule has 3 nitrogen and oxygen atoms in total. The Morgan fingerprint density at radius 2 is 2.31 bits per heavy atom. The lowest BCUT2D eigenvalue weighted by Crippen LogP contribution is -1.96. The molecule has 0 amide bonds. The van der Waals surface area contributed by atoms with Gasteiger partial charge in [-0.15, -0.1) is 0 Å². The van der Waals surface area contributed by atoms with Crippen LogP contribution in [0.25, 0.3) is 10.9 Å². The molecule has 2 aromatic rings. The first-order valence-electron chi connectivity index (χ1n) is 4.31. The average Bonchev–Trinajstić information content (AvgIpc) is 2.18. The van der Waals surface area contributed by atoms with Crippen molar-refractivity contribution in [3.05, 3.63) is 30.1 Å². The molecule has 3 heteroatoms. The number of nitrogens with two attached hydrogens (primary N) is 1. The molecule has 0 aliphatic heterocycles. The third kappa shape index (κ3) is 1.33. The number of hydrogen-bond acceptors (Lipinski definition) is 3. The molecule has 0 radical (unpaired) electrons. The van der Waals surface area contributed by atoms with Gasteiger partial charge in [0, 0.05) is 17.3 Å². The number of hydrogen-bond donors (Lipinski definition) is 1. The number of aryl methyl sites for hydroxylation is 1. The number of anilines is 1. The van der Waals surface area contributed by atoms with Crippen LogP contribution in [0.4, 0.5) is 5.82 Å². The van der Waals surface area contributed by atoms with E-state index in [0.717, 1.165) is 23.0 Å². The molecule has 0 unspecified atom stereocenters. The molecule has 0 aliphatic carbocycles. The van der Waals surface area contributed by atoms with Crippen molar-refractivity contribution in [3.8, 4) is 0 Å². The SMILES string of the molecule is CCc1cc2ncccc2c(N)n1. The van der Waals surface area contributed by atoms with Gasteiger partial charge in [-0.25, -0.2) is 4.98 Å². The van der Waals surface area contributed by atoms with E-state index in [1.807, 2.05) is 18.2 Å². The van der Waals surface area contributed by atoms with E-state index >= 15 is 0 Å². The molecular formula is C10H11N3. The average molecular weight is 173 g/mol. The van der Waals surface area contributed by atoms with E-state index in [1.54, 1.807) is 6.20 Å². The molecule has 2 heterocycles. The third-order valence-corrected chi connectivity index (χ3v) is 2.04. The van der Waals surface area contributed by atoms with Crippen molar-refractivity contribution in [1.82, 2.24) is 9.97 Å². The van der Waals surface area contributed by atoms with Crippen LogP contribution in [0.2, 0.25) is 0 Å². The van der Waals surface area contributed by atoms with Gasteiger partial charge in [-0.3, -0.25) is 4.98 Å². The second-order valence-electron chi connectivity index (χ2n) is 2.92. The van der Waals surface area contributed by atoms with Crippen LogP contribution < -0.4 is 5.73 Å². The molecule has 0 fully saturated rings. The number of aromatic nitrogens is 2. The highest BCUT2D eigenvalue weighted by molar-refractivity contribution is 5.87. The summed E-state index contributed by atoms with van der Waals surface area (Å²) in [7, 11) is 0. The van der Waals surface area contributed by atoms with E-state index in [4.69, 9.17) is 5.73 Å². The fourth-order valence-corrected chi connectivity index (χ4v) is 1.34. The minimum absolute atomic E-state index is 0.572. The molecule has 13 heavy (non-hydrogen) atoms. The molecule has 0 aromatic carbocycles. The molecule has 0 saturated heterocycles. The van der Waals surface area contributed by atoms with Crippen molar-refractivity contribution in [2.75, 3.05) is 5.73 Å². The van der Waals surface area contributed by atoms with Crippen LogP contribution in [0.5, 0.6) is 0 Å². The lowest BCUT2D eigenvalue weighted by molar-refractivity contribution is 1.05. The second-order valence-corrected chi connectivity index (χ2v) is 2.92. The van der Waals surface area contributed by atoms with Crippen LogP contribution >= 0.6 is 0 Å². The van der Waals surface area contributed by atoms with Gasteiger partial charge in [0.25, 0.3) is 0 Å². The van der Waals surface area contributed by atoms with Gasteiger partial charge in [0.1, 0.15) is 5.82 Å². The highest BCUT2D eigenvalue weighted by Gasteiger charge is 2.01. The van der Waals surface area contributed by atoms with Crippen molar-refractivity contribution in [3.63, 3.8) is 0 Å². The number of fused-ring (bicyclic) bond motifs is 1. The Morgan fingerprint density at radius 3 is 3.08 bits per heavy atom. The molecule has 0 saturated carbocycles. The van der Waals surface area contributed by atoms with E-state index in [2.05, 4.69) is 16.9 Å². The van der Waals surface area contributed by atoms with Crippen LogP contribution in [0.3, 0.4) is 0 Å². The van der Waals surface area contributed by atoms with Gasteiger partial charge >= 0.3 is 0 Å². The number of nitrogens with zero attached hydrogens (tertiary/aromatic N) is 2. The van der Waals surface area contributed by atoms with E-state index in [1.165, 1.54) is 0 Å². The summed E-state index contributed by atoms with van der Waals surface area (Å²) in [5.74, 6) is 0.572. The maximum Gasteiger partial charge on any atom is 0.133 e. The van der Waals surface area contributed by atoms with Crippen molar-refractivity contribution >= 4 is 16.7 Å². The first-order valence-corrected chi connectivity index (χ1v) is 4.31. The van der Waals surface area contributed by atoms with Crippen molar-refractivity contribution in [2.24, 2.45) is 0 Å². The summed E-state index contributed by atoms with van der Waals surface area (Å²) in [6, 6.07) is 5.78. The van der Waals surface area contributed by atoms with Crippen LogP contribution in [0.1, 0.15) is 12.6 Å². The molecule has 0 spiro atoms. The third-order valence-electron chi connectivity index (χ3n) is 2.04. The molecule has 0 aliphatic rings. The summed E-state index contributed by atoms with van der Waals surface area (Å²) in [5.41, 5.74) is 7.69. The van der Waals surface area contributed by atoms with Gasteiger partial charge < -0.3 is 5.73 Å². The Balaban J connectivity index is 2.77. The summed E-state index contributed by atoms with van der Waals surface area (Å²) < 4.78 is 0. The van der Waals surface area contributed by atoms with E-state index < -0.39 is 0 Å². The molecule has 66 valence electrons. The van der Waals surface area contributed by atoms with Gasteiger partial charge in [-0.05, 0) is 24.6 Å². The summed E-state index contributed by atoms with van der Waals surface area (Å²) in [6.07, 6.45) is 2.65. The fourth-order valence-electron chi connectivity index (χ4n) is 1.34. The number of nitrogen functional groups attached to an aromatic ring is 1. The topological polar surface area (TPSA) is 51.8 Å². The highest BCUT2D eigenvalue weighted by atomic mass is 14.9. The Labute approximate surface area is 76.6 Å². The van der Waals surface area contributed by atoms with Crippen molar-refractivity contribution in [1.29, 1.82) is 0 Å². The van der Waals surface area contributed by atoms with E-state index in [9.17, 15) is 0 Å². The molecular weight excluding hydrogens is 162 g/mol. The van der Waals surface area contributed by atoms with Crippen molar-refractivity contribution < 1.29 is 0 Å². The zero-order valence-electron chi connectivity index (χ0n) is 7.49. The van der Waals surface area contributed by atoms with Gasteiger partial charge in [-0.1, -0.05) is 6.92 Å². The Kier molecular flexibility index (Phi) is 1.85. The maximum atomic E-state index is 5.78. The van der Waals surface area contributed by atoms with Gasteiger partial charge in [0.05, 0.1) is 5.52 Å². The lowest BCUT2D eigenvalue weighted by atomic mass is 10.2. The van der Waals surface area contributed by atoms with Crippen LogP contribution in [0, 0.1) is 0 Å². The Bertz CT molecular complexity index is 437. The zero-order chi connectivity index (χ0) is 9.26. The summed E-state index contributed by atoms with van der Waals surface area (Å²) in [6.45, 7) is 2.05. The van der Waals surface area contributed by atoms with Crippen LogP contribution in [0.15, 0.2) is 24.4 Å². The normalized spacial score (nSPS) is 10.5. The first-order chi connectivity index (χ1) is 6.31. The monoisotopic (exact) mass is 173 g/mol. The smallest absolute Gasteiger partial charge is 0.133 e. The minimum atomic E-state index is 0.572. The second kappa shape index (κ2) is 3.01. The molecule has 0 atom stereocenters.